The van der Waals surface area contributed by atoms with Gasteiger partial charge in [-0.15, -0.1) is 0 Å². The summed E-state index contributed by atoms with van der Waals surface area (Å²) in [6.07, 6.45) is 2.16. The zero-order valence-corrected chi connectivity index (χ0v) is 6.48. The summed E-state index contributed by atoms with van der Waals surface area (Å²) in [6.45, 7) is 0. The average molecular weight is 178 g/mol. The topological polar surface area (TPSA) is 23.9 Å². The normalized spacial score (nSPS) is 8.00. The van der Waals surface area contributed by atoms with Crippen molar-refractivity contribution in [3.05, 3.63) is 35.9 Å². The fourth-order valence-corrected chi connectivity index (χ4v) is 0.732. The maximum absolute atomic E-state index is 6.82. The Morgan fingerprint density at radius 3 is 2.30 bits per heavy atom. The van der Waals surface area contributed by atoms with Gasteiger partial charge >= 0.3 is 0 Å². The fraction of sp³-hybridized carbons (Fsp3) is 0.125. The molecule has 0 unspecified atom stereocenters. The van der Waals surface area contributed by atoms with Crippen molar-refractivity contribution < 1.29 is 16.5 Å². The summed E-state index contributed by atoms with van der Waals surface area (Å²) in [5.41, 5.74) is 1.20. The Balaban J connectivity index is 0.000000810. The van der Waals surface area contributed by atoms with E-state index in [1.807, 2.05) is 30.3 Å². The molecule has 0 aliphatic carbocycles. The van der Waals surface area contributed by atoms with E-state index >= 15 is 0 Å². The second kappa shape index (κ2) is 5.19. The molecule has 2 heteroatoms. The van der Waals surface area contributed by atoms with Crippen LogP contribution >= 0.6 is 0 Å². The van der Waals surface area contributed by atoms with Crippen molar-refractivity contribution in [2.24, 2.45) is 0 Å². The number of nitrogens with one attached hydrogen (secondary N) is 1. The molecule has 0 bridgehead atoms. The predicted octanol–water partition coefficient (Wildman–Crippen LogP) is 1.88. The van der Waals surface area contributed by atoms with Crippen molar-refractivity contribution in [1.82, 2.24) is 0 Å². The molecule has 0 spiro atoms. The van der Waals surface area contributed by atoms with E-state index in [4.69, 9.17) is 5.41 Å². The second-order valence-corrected chi connectivity index (χ2v) is 1.89. The van der Waals surface area contributed by atoms with Gasteiger partial charge in [0.15, 0.2) is 0 Å². The smallest absolute Gasteiger partial charge is 0.00714 e. The Kier molecular flexibility index (Phi) is 4.87. The molecule has 0 saturated carbocycles. The summed E-state index contributed by atoms with van der Waals surface area (Å²) in [6, 6.07) is 9.99. The van der Waals surface area contributed by atoms with E-state index in [9.17, 15) is 0 Å². The third-order valence-electron chi connectivity index (χ3n) is 1.18. The Hall–Kier alpha value is -0.616. The Morgan fingerprint density at radius 1 is 1.20 bits per heavy atom. The summed E-state index contributed by atoms with van der Waals surface area (Å²) in [5.74, 6) is 0. The van der Waals surface area contributed by atoms with Gasteiger partial charge in [-0.2, -0.15) is 0 Å². The first-order chi connectivity index (χ1) is 4.43. The van der Waals surface area contributed by atoms with Crippen molar-refractivity contribution in [2.75, 3.05) is 0 Å². The van der Waals surface area contributed by atoms with Crippen LogP contribution in [0.2, 0.25) is 0 Å². The van der Waals surface area contributed by atoms with E-state index < -0.39 is 0 Å². The van der Waals surface area contributed by atoms with Crippen LogP contribution in [0.3, 0.4) is 0 Å². The van der Waals surface area contributed by atoms with Crippen LogP contribution in [0.25, 0.3) is 0 Å². The predicted molar refractivity (Wildman–Crippen MR) is 38.9 cm³/mol. The monoisotopic (exact) mass is 177 g/mol. The molecule has 0 atom stereocenters. The summed E-state index contributed by atoms with van der Waals surface area (Å²) >= 11 is 0. The molecule has 0 aliphatic rings. The van der Waals surface area contributed by atoms with Crippen LogP contribution < -0.4 is 0 Å². The van der Waals surface area contributed by atoms with Crippen molar-refractivity contribution in [2.45, 2.75) is 6.42 Å². The number of hydrogen-bond acceptors (Lipinski definition) is 1. The zero-order chi connectivity index (χ0) is 6.53. The van der Waals surface area contributed by atoms with Gasteiger partial charge in [-0.25, -0.2) is 0 Å². The molecule has 0 heterocycles. The van der Waals surface area contributed by atoms with Gasteiger partial charge in [0.2, 0.25) is 0 Å². The van der Waals surface area contributed by atoms with Crippen molar-refractivity contribution in [1.29, 1.82) is 5.41 Å². The molecule has 0 radical (unpaired) electrons. The van der Waals surface area contributed by atoms with Gasteiger partial charge in [0.05, 0.1) is 0 Å². The minimum absolute atomic E-state index is 0. The van der Waals surface area contributed by atoms with Gasteiger partial charge in [-0.1, -0.05) is 30.3 Å². The van der Waals surface area contributed by atoms with Crippen LogP contribution in [-0.2, 0) is 22.9 Å². The molecule has 1 rings (SSSR count). The molecule has 1 aromatic carbocycles. The fourth-order valence-electron chi connectivity index (χ4n) is 0.732. The molecule has 0 amide bonds. The van der Waals surface area contributed by atoms with Crippen LogP contribution in [0.1, 0.15) is 5.56 Å². The van der Waals surface area contributed by atoms with Gasteiger partial charge in [-0.3, -0.25) is 0 Å². The van der Waals surface area contributed by atoms with E-state index in [0.29, 0.717) is 0 Å². The second-order valence-electron chi connectivity index (χ2n) is 1.89. The molecular weight excluding hydrogens is 169 g/mol. The quantitative estimate of drug-likeness (QED) is 0.527. The third-order valence-corrected chi connectivity index (χ3v) is 1.18. The molecule has 1 N–H and O–H groups in total. The summed E-state index contributed by atoms with van der Waals surface area (Å²) in [5, 5.41) is 6.82. The first-order valence-electron chi connectivity index (χ1n) is 2.96. The van der Waals surface area contributed by atoms with Crippen LogP contribution in [0, 0.1) is 5.41 Å². The van der Waals surface area contributed by atoms with Crippen LogP contribution in [-0.4, -0.2) is 6.21 Å². The largest absolute Gasteiger partial charge is 0.313 e. The molecule has 0 aliphatic heterocycles. The summed E-state index contributed by atoms with van der Waals surface area (Å²) in [4.78, 5) is 0. The van der Waals surface area contributed by atoms with Gasteiger partial charge < -0.3 is 5.41 Å². The standard InChI is InChI=1S/C8H9N.Ni/c9-7-6-8-4-2-1-3-5-8;/h1-5,7,9H,6H2;. The number of benzene rings is 1. The zero-order valence-electron chi connectivity index (χ0n) is 5.49. The van der Waals surface area contributed by atoms with E-state index in [0.717, 1.165) is 6.42 Å². The first kappa shape index (κ1) is 9.38. The molecule has 1 aromatic rings. The Bertz CT molecular complexity index is 184. The van der Waals surface area contributed by atoms with Crippen LogP contribution in [0.4, 0.5) is 0 Å². The van der Waals surface area contributed by atoms with Gasteiger partial charge in [0.25, 0.3) is 0 Å². The van der Waals surface area contributed by atoms with E-state index in [2.05, 4.69) is 0 Å². The minimum atomic E-state index is 0. The maximum atomic E-state index is 6.82. The van der Waals surface area contributed by atoms with Gasteiger partial charge in [0, 0.05) is 22.9 Å². The van der Waals surface area contributed by atoms with Crippen LogP contribution in [0.15, 0.2) is 30.3 Å². The molecule has 10 heavy (non-hydrogen) atoms. The number of rotatable bonds is 2. The maximum Gasteiger partial charge on any atom is 0.00714 e. The van der Waals surface area contributed by atoms with Crippen molar-refractivity contribution in [3.63, 3.8) is 0 Å². The van der Waals surface area contributed by atoms with Crippen LogP contribution in [0.5, 0.6) is 0 Å². The van der Waals surface area contributed by atoms with E-state index in [1.54, 1.807) is 0 Å². The van der Waals surface area contributed by atoms with Gasteiger partial charge in [0.1, 0.15) is 0 Å². The molecule has 0 fully saturated rings. The van der Waals surface area contributed by atoms with Crippen molar-refractivity contribution >= 4 is 6.21 Å². The summed E-state index contributed by atoms with van der Waals surface area (Å²) in [7, 11) is 0. The molecule has 1 nitrogen and oxygen atoms in total. The molecular formula is C8H9NNi. The van der Waals surface area contributed by atoms with Crippen molar-refractivity contribution in [3.8, 4) is 0 Å². The summed E-state index contributed by atoms with van der Waals surface area (Å²) < 4.78 is 0. The molecule has 0 saturated heterocycles. The average Bonchev–Trinajstić information content (AvgIpc) is 1.91. The first-order valence-corrected chi connectivity index (χ1v) is 2.96. The minimum Gasteiger partial charge on any atom is -0.313 e. The van der Waals surface area contributed by atoms with Gasteiger partial charge in [-0.05, 0) is 11.8 Å². The van der Waals surface area contributed by atoms with E-state index in [1.165, 1.54) is 11.8 Å². The number of hydrogen-bond donors (Lipinski definition) is 1. The molecule has 56 valence electrons. The molecule has 0 aromatic heterocycles. The van der Waals surface area contributed by atoms with E-state index in [-0.39, 0.29) is 16.5 Å². The SMILES string of the molecule is N=CCc1ccccc1.[Ni]. The third kappa shape index (κ3) is 2.79. The Morgan fingerprint density at radius 2 is 1.80 bits per heavy atom. The Labute approximate surface area is 70.9 Å².